The fourth-order valence-corrected chi connectivity index (χ4v) is 2.88. The number of nitriles is 1. The van der Waals surface area contributed by atoms with Crippen LogP contribution < -0.4 is 5.56 Å². The maximum Gasteiger partial charge on any atom is 0.266 e. The second-order valence-corrected chi connectivity index (χ2v) is 5.77. The monoisotopic (exact) mass is 309 g/mol. The minimum Gasteiger partial charge on any atom is -0.379 e. The van der Waals surface area contributed by atoms with Gasteiger partial charge in [0, 0.05) is 30.9 Å². The molecule has 0 saturated carbocycles. The van der Waals surface area contributed by atoms with E-state index in [9.17, 15) is 10.1 Å². The van der Waals surface area contributed by atoms with E-state index < -0.39 is 0 Å². The smallest absolute Gasteiger partial charge is 0.266 e. The van der Waals surface area contributed by atoms with Crippen molar-refractivity contribution >= 4 is 0 Å². The number of ether oxygens (including phenoxy) is 1. The third-order valence-electron chi connectivity index (χ3n) is 4.03. The molecule has 5 nitrogen and oxygen atoms in total. The summed E-state index contributed by atoms with van der Waals surface area (Å²) in [6.45, 7) is 6.07. The van der Waals surface area contributed by atoms with Gasteiger partial charge in [0.25, 0.3) is 5.56 Å². The zero-order valence-electron chi connectivity index (χ0n) is 13.1. The first-order valence-corrected chi connectivity index (χ1v) is 7.71. The van der Waals surface area contributed by atoms with Crippen LogP contribution >= 0.6 is 0 Å². The number of rotatable bonds is 3. The second kappa shape index (κ2) is 6.78. The normalized spacial score (nSPS) is 15.3. The first kappa shape index (κ1) is 15.5. The van der Waals surface area contributed by atoms with Crippen molar-refractivity contribution in [3.63, 3.8) is 0 Å². The maximum atomic E-state index is 12.0. The average Bonchev–Trinajstić information content (AvgIpc) is 2.55. The number of aromatic amines is 1. The number of H-pyrrole nitrogens is 1. The molecule has 1 saturated heterocycles. The molecule has 0 amide bonds. The van der Waals surface area contributed by atoms with Gasteiger partial charge in [0.05, 0.1) is 13.2 Å². The molecule has 0 radical (unpaired) electrons. The summed E-state index contributed by atoms with van der Waals surface area (Å²) in [6.07, 6.45) is 0. The van der Waals surface area contributed by atoms with Crippen LogP contribution in [0.5, 0.6) is 0 Å². The first-order valence-electron chi connectivity index (χ1n) is 7.71. The molecule has 3 rings (SSSR count). The highest BCUT2D eigenvalue weighted by molar-refractivity contribution is 5.70. The number of pyridine rings is 1. The van der Waals surface area contributed by atoms with Crippen molar-refractivity contribution in [3.05, 3.63) is 57.5 Å². The van der Waals surface area contributed by atoms with Gasteiger partial charge in [-0.1, -0.05) is 18.2 Å². The lowest BCUT2D eigenvalue weighted by atomic mass is 9.99. The summed E-state index contributed by atoms with van der Waals surface area (Å²) in [5.74, 6) is 0. The van der Waals surface area contributed by atoms with Crippen molar-refractivity contribution in [1.82, 2.24) is 9.88 Å². The molecule has 0 spiro atoms. The second-order valence-electron chi connectivity index (χ2n) is 5.77. The number of nitrogens with zero attached hydrogens (tertiary/aromatic N) is 2. The summed E-state index contributed by atoms with van der Waals surface area (Å²) in [7, 11) is 0. The maximum absolute atomic E-state index is 12.0. The zero-order valence-corrected chi connectivity index (χ0v) is 13.1. The van der Waals surface area contributed by atoms with Crippen LogP contribution in [0.15, 0.2) is 35.1 Å². The van der Waals surface area contributed by atoms with Crippen molar-refractivity contribution in [1.29, 1.82) is 5.26 Å². The number of nitrogens with one attached hydrogen (secondary N) is 1. The third-order valence-corrected chi connectivity index (χ3v) is 4.03. The summed E-state index contributed by atoms with van der Waals surface area (Å²) < 4.78 is 5.37. The van der Waals surface area contributed by atoms with Gasteiger partial charge in [-0.3, -0.25) is 9.69 Å². The number of aryl methyl sites for hydroxylation is 1. The summed E-state index contributed by atoms with van der Waals surface area (Å²) in [6, 6.07) is 11.9. The van der Waals surface area contributed by atoms with Crippen LogP contribution in [0.1, 0.15) is 16.8 Å². The number of morpholine rings is 1. The summed E-state index contributed by atoms with van der Waals surface area (Å²) in [4.78, 5) is 17.0. The molecule has 0 atom stereocenters. The fourth-order valence-electron chi connectivity index (χ4n) is 2.88. The van der Waals surface area contributed by atoms with E-state index in [-0.39, 0.29) is 11.1 Å². The highest BCUT2D eigenvalue weighted by atomic mass is 16.5. The van der Waals surface area contributed by atoms with E-state index >= 15 is 0 Å². The van der Waals surface area contributed by atoms with Gasteiger partial charge in [-0.05, 0) is 30.2 Å². The van der Waals surface area contributed by atoms with Gasteiger partial charge >= 0.3 is 0 Å². The minimum atomic E-state index is -0.332. The highest BCUT2D eigenvalue weighted by Gasteiger charge is 2.13. The van der Waals surface area contributed by atoms with Gasteiger partial charge in [-0.15, -0.1) is 0 Å². The van der Waals surface area contributed by atoms with E-state index in [1.54, 1.807) is 0 Å². The Bertz CT molecular complexity index is 799. The van der Waals surface area contributed by atoms with E-state index in [1.165, 1.54) is 5.56 Å². The largest absolute Gasteiger partial charge is 0.379 e. The Morgan fingerprint density at radius 1 is 1.30 bits per heavy atom. The predicted octanol–water partition coefficient (Wildman–Crippen LogP) is 2.05. The van der Waals surface area contributed by atoms with Crippen molar-refractivity contribution in [3.8, 4) is 17.2 Å². The molecule has 23 heavy (non-hydrogen) atoms. The number of hydrogen-bond acceptors (Lipinski definition) is 4. The van der Waals surface area contributed by atoms with E-state index in [0.29, 0.717) is 5.56 Å². The molecule has 1 fully saturated rings. The Balaban J connectivity index is 1.94. The molecule has 2 aromatic rings. The van der Waals surface area contributed by atoms with Crippen molar-refractivity contribution in [2.45, 2.75) is 13.5 Å². The standard InChI is InChI=1S/C18H19N3O2/c1-13-9-16(17(11-19)18(22)20-13)15-4-2-3-14(10-15)12-21-5-7-23-8-6-21/h2-4,9-10H,5-8,12H2,1H3,(H,20,22). The van der Waals surface area contributed by atoms with Crippen LogP contribution in [0.3, 0.4) is 0 Å². The molecule has 0 aliphatic carbocycles. The predicted molar refractivity (Wildman–Crippen MR) is 88.0 cm³/mol. The highest BCUT2D eigenvalue weighted by Crippen LogP contribution is 2.23. The Morgan fingerprint density at radius 2 is 2.09 bits per heavy atom. The van der Waals surface area contributed by atoms with E-state index in [4.69, 9.17) is 4.74 Å². The van der Waals surface area contributed by atoms with Gasteiger partial charge in [0.2, 0.25) is 0 Å². The van der Waals surface area contributed by atoms with Crippen LogP contribution in [0, 0.1) is 18.3 Å². The van der Waals surface area contributed by atoms with Crippen LogP contribution in [0.25, 0.3) is 11.1 Å². The van der Waals surface area contributed by atoms with Crippen LogP contribution in [0.4, 0.5) is 0 Å². The zero-order chi connectivity index (χ0) is 16.2. The van der Waals surface area contributed by atoms with Gasteiger partial charge < -0.3 is 9.72 Å². The van der Waals surface area contributed by atoms with E-state index in [1.807, 2.05) is 31.2 Å². The summed E-state index contributed by atoms with van der Waals surface area (Å²) >= 11 is 0. The molecule has 5 heteroatoms. The van der Waals surface area contributed by atoms with Crippen LogP contribution in [-0.2, 0) is 11.3 Å². The average molecular weight is 309 g/mol. The lowest BCUT2D eigenvalue weighted by Crippen LogP contribution is -2.35. The molecule has 1 aliphatic rings. The van der Waals surface area contributed by atoms with Gasteiger partial charge in [0.15, 0.2) is 0 Å². The molecular weight excluding hydrogens is 290 g/mol. The third kappa shape index (κ3) is 3.50. The Morgan fingerprint density at radius 3 is 2.83 bits per heavy atom. The van der Waals surface area contributed by atoms with Crippen molar-refractivity contribution < 1.29 is 4.74 Å². The van der Waals surface area contributed by atoms with Gasteiger partial charge in [-0.25, -0.2) is 0 Å². The molecule has 1 aromatic carbocycles. The number of hydrogen-bond donors (Lipinski definition) is 1. The molecule has 1 aliphatic heterocycles. The SMILES string of the molecule is Cc1cc(-c2cccc(CN3CCOCC3)c2)c(C#N)c(=O)[nH]1. The summed E-state index contributed by atoms with van der Waals surface area (Å²) in [5.41, 5.74) is 3.35. The number of aromatic nitrogens is 1. The number of benzene rings is 1. The van der Waals surface area contributed by atoms with Crippen molar-refractivity contribution in [2.24, 2.45) is 0 Å². The molecule has 2 heterocycles. The summed E-state index contributed by atoms with van der Waals surface area (Å²) in [5, 5.41) is 9.29. The topological polar surface area (TPSA) is 69.1 Å². The molecular formula is C18H19N3O2. The fraction of sp³-hybridized carbons (Fsp3) is 0.333. The van der Waals surface area contributed by atoms with Crippen molar-refractivity contribution in [2.75, 3.05) is 26.3 Å². The first-order chi connectivity index (χ1) is 11.2. The van der Waals surface area contributed by atoms with E-state index in [0.717, 1.165) is 44.1 Å². The Labute approximate surface area is 135 Å². The van der Waals surface area contributed by atoms with Gasteiger partial charge in [-0.2, -0.15) is 5.26 Å². The Kier molecular flexibility index (Phi) is 4.56. The Hall–Kier alpha value is -2.42. The lowest BCUT2D eigenvalue weighted by molar-refractivity contribution is 0.0342. The molecule has 1 N–H and O–H groups in total. The lowest BCUT2D eigenvalue weighted by Gasteiger charge is -2.26. The molecule has 118 valence electrons. The minimum absolute atomic E-state index is 0.166. The quantitative estimate of drug-likeness (QED) is 0.942. The van der Waals surface area contributed by atoms with Crippen LogP contribution in [-0.4, -0.2) is 36.2 Å². The molecule has 1 aromatic heterocycles. The van der Waals surface area contributed by atoms with E-state index in [2.05, 4.69) is 22.0 Å². The van der Waals surface area contributed by atoms with Gasteiger partial charge in [0.1, 0.15) is 11.6 Å². The molecule has 0 bridgehead atoms. The van der Waals surface area contributed by atoms with Crippen LogP contribution in [0.2, 0.25) is 0 Å². The molecule has 0 unspecified atom stereocenters.